The summed E-state index contributed by atoms with van der Waals surface area (Å²) >= 11 is 0. The molecular weight excluding hydrogens is 278 g/mol. The molecule has 1 amide bonds. The minimum atomic E-state index is -0.258. The first-order valence-electron chi connectivity index (χ1n) is 7.80. The number of hydrogen-bond acceptors (Lipinski definition) is 4. The summed E-state index contributed by atoms with van der Waals surface area (Å²) in [6.07, 6.45) is 7.17. The molecule has 3 fully saturated rings. The van der Waals surface area contributed by atoms with Crippen molar-refractivity contribution in [3.8, 4) is 0 Å². The molecule has 0 aromatic heterocycles. The lowest BCUT2D eigenvalue weighted by Gasteiger charge is -2.44. The van der Waals surface area contributed by atoms with Crippen LogP contribution in [0.15, 0.2) is 40.8 Å². The standard InChI is InChI=1S/C17H25N3O2/c1-4-5-12(2)16(21)10-18-13(3)17(22)19-15-11-20-8-6-14(15)7-9-20/h4-5,10,14-15,21H,3,6-9,11H2,1-2H3,(H,19,22)/b5-4-,16-12-,18-10?/t15-/m0/s1. The zero-order chi connectivity index (χ0) is 16.1. The van der Waals surface area contributed by atoms with Gasteiger partial charge in [-0.15, -0.1) is 0 Å². The molecule has 120 valence electrons. The van der Waals surface area contributed by atoms with Crippen molar-refractivity contribution in [2.75, 3.05) is 19.6 Å². The van der Waals surface area contributed by atoms with Gasteiger partial charge in [-0.05, 0) is 51.3 Å². The van der Waals surface area contributed by atoms with Crippen molar-refractivity contribution in [3.63, 3.8) is 0 Å². The van der Waals surface area contributed by atoms with E-state index >= 15 is 0 Å². The van der Waals surface area contributed by atoms with Crippen LogP contribution in [-0.4, -0.2) is 47.8 Å². The number of aliphatic hydroxyl groups excluding tert-OH is 1. The molecule has 22 heavy (non-hydrogen) atoms. The summed E-state index contributed by atoms with van der Waals surface area (Å²) in [5, 5.41) is 12.8. The molecule has 0 unspecified atom stereocenters. The number of carbonyl (C=O) groups excluding carboxylic acids is 1. The van der Waals surface area contributed by atoms with E-state index in [9.17, 15) is 9.90 Å². The Morgan fingerprint density at radius 2 is 2.09 bits per heavy atom. The number of hydrogen-bond donors (Lipinski definition) is 2. The van der Waals surface area contributed by atoms with E-state index in [2.05, 4.69) is 21.8 Å². The first kappa shape index (κ1) is 16.5. The Kier molecular flexibility index (Phi) is 5.55. The molecule has 0 radical (unpaired) electrons. The van der Waals surface area contributed by atoms with Gasteiger partial charge in [-0.1, -0.05) is 18.7 Å². The Labute approximate surface area is 132 Å². The first-order chi connectivity index (χ1) is 10.5. The summed E-state index contributed by atoms with van der Waals surface area (Å²) in [7, 11) is 0. The minimum absolute atomic E-state index is 0.0369. The van der Waals surface area contributed by atoms with Crippen molar-refractivity contribution in [2.24, 2.45) is 10.9 Å². The van der Waals surface area contributed by atoms with Crippen molar-refractivity contribution in [3.05, 3.63) is 35.8 Å². The zero-order valence-corrected chi connectivity index (χ0v) is 13.4. The van der Waals surface area contributed by atoms with Crippen LogP contribution in [0.5, 0.6) is 0 Å². The SMILES string of the molecule is C=C(N=C/C(O)=C(C)/C=C\C)C(=O)N[C@H]1CN2CCC1CC2. The Bertz CT molecular complexity index is 526. The van der Waals surface area contributed by atoms with E-state index in [1.165, 1.54) is 6.21 Å². The van der Waals surface area contributed by atoms with Crippen LogP contribution >= 0.6 is 0 Å². The van der Waals surface area contributed by atoms with E-state index in [0.29, 0.717) is 11.5 Å². The molecule has 2 bridgehead atoms. The Morgan fingerprint density at radius 1 is 1.41 bits per heavy atom. The van der Waals surface area contributed by atoms with Gasteiger partial charge in [-0.3, -0.25) is 4.79 Å². The third-order valence-electron chi connectivity index (χ3n) is 4.40. The van der Waals surface area contributed by atoms with Crippen LogP contribution in [0, 0.1) is 5.92 Å². The number of aliphatic hydroxyl groups is 1. The maximum absolute atomic E-state index is 12.1. The second-order valence-corrected chi connectivity index (χ2v) is 5.99. The van der Waals surface area contributed by atoms with Crippen LogP contribution in [0.25, 0.3) is 0 Å². The van der Waals surface area contributed by atoms with Gasteiger partial charge in [-0.25, -0.2) is 4.99 Å². The fraction of sp³-hybridized carbons (Fsp3) is 0.529. The Morgan fingerprint density at radius 3 is 2.64 bits per heavy atom. The molecule has 5 heteroatoms. The quantitative estimate of drug-likeness (QED) is 0.354. The topological polar surface area (TPSA) is 64.9 Å². The molecular formula is C17H25N3O2. The van der Waals surface area contributed by atoms with Crippen LogP contribution in [0.3, 0.4) is 0 Å². The largest absolute Gasteiger partial charge is 0.506 e. The molecule has 3 saturated heterocycles. The summed E-state index contributed by atoms with van der Waals surface area (Å²) in [4.78, 5) is 18.5. The van der Waals surface area contributed by atoms with E-state index in [4.69, 9.17) is 0 Å². The van der Waals surface area contributed by atoms with E-state index in [1.54, 1.807) is 13.0 Å². The summed E-state index contributed by atoms with van der Waals surface area (Å²) in [6.45, 7) is 10.5. The van der Waals surface area contributed by atoms with Gasteiger partial charge in [0.05, 0.1) is 6.21 Å². The number of nitrogens with zero attached hydrogens (tertiary/aromatic N) is 2. The fourth-order valence-corrected chi connectivity index (χ4v) is 3.02. The van der Waals surface area contributed by atoms with Crippen LogP contribution in [-0.2, 0) is 4.79 Å². The number of aliphatic imine (C=N–C) groups is 1. The lowest BCUT2D eigenvalue weighted by molar-refractivity contribution is -0.119. The molecule has 0 aromatic rings. The van der Waals surface area contributed by atoms with Crippen molar-refractivity contribution in [1.29, 1.82) is 0 Å². The van der Waals surface area contributed by atoms with Crippen LogP contribution in [0.4, 0.5) is 0 Å². The highest BCUT2D eigenvalue weighted by atomic mass is 16.3. The van der Waals surface area contributed by atoms with Gasteiger partial charge in [0.1, 0.15) is 11.5 Å². The number of nitrogens with one attached hydrogen (secondary N) is 1. The van der Waals surface area contributed by atoms with E-state index in [1.807, 2.05) is 13.0 Å². The molecule has 5 nitrogen and oxygen atoms in total. The maximum atomic E-state index is 12.1. The average molecular weight is 303 g/mol. The molecule has 0 aromatic carbocycles. The number of piperidine rings is 3. The molecule has 0 spiro atoms. The van der Waals surface area contributed by atoms with Gasteiger partial charge >= 0.3 is 0 Å². The number of carbonyl (C=O) groups is 1. The summed E-state index contributed by atoms with van der Waals surface area (Å²) in [6, 6.07) is 0.191. The van der Waals surface area contributed by atoms with Crippen molar-refractivity contribution < 1.29 is 9.90 Å². The van der Waals surface area contributed by atoms with E-state index in [0.717, 1.165) is 32.5 Å². The van der Waals surface area contributed by atoms with Gasteiger partial charge in [0.15, 0.2) is 0 Å². The highest BCUT2D eigenvalue weighted by Gasteiger charge is 2.34. The second kappa shape index (κ2) is 7.40. The first-order valence-corrected chi connectivity index (χ1v) is 7.80. The highest BCUT2D eigenvalue weighted by molar-refractivity contribution is 5.95. The highest BCUT2D eigenvalue weighted by Crippen LogP contribution is 2.27. The van der Waals surface area contributed by atoms with Crippen LogP contribution < -0.4 is 5.32 Å². The Balaban J connectivity index is 1.90. The fourth-order valence-electron chi connectivity index (χ4n) is 3.02. The number of rotatable bonds is 5. The van der Waals surface area contributed by atoms with Gasteiger partial charge in [-0.2, -0.15) is 0 Å². The number of fused-ring (bicyclic) bond motifs is 3. The van der Waals surface area contributed by atoms with Crippen molar-refractivity contribution >= 4 is 12.1 Å². The summed E-state index contributed by atoms with van der Waals surface area (Å²) < 4.78 is 0. The predicted molar refractivity (Wildman–Crippen MR) is 88.9 cm³/mol. The van der Waals surface area contributed by atoms with Gasteiger partial charge < -0.3 is 15.3 Å². The zero-order valence-electron chi connectivity index (χ0n) is 13.4. The van der Waals surface area contributed by atoms with E-state index in [-0.39, 0.29) is 23.4 Å². The normalized spacial score (nSPS) is 28.9. The van der Waals surface area contributed by atoms with Crippen molar-refractivity contribution in [2.45, 2.75) is 32.7 Å². The number of amides is 1. The van der Waals surface area contributed by atoms with Gasteiger partial charge in [0.2, 0.25) is 0 Å². The summed E-state index contributed by atoms with van der Waals surface area (Å²) in [5.74, 6) is 0.345. The summed E-state index contributed by atoms with van der Waals surface area (Å²) in [5.41, 5.74) is 0.813. The maximum Gasteiger partial charge on any atom is 0.269 e. The molecule has 3 aliphatic rings. The monoisotopic (exact) mass is 303 g/mol. The average Bonchev–Trinajstić information content (AvgIpc) is 2.53. The smallest absolute Gasteiger partial charge is 0.269 e. The third-order valence-corrected chi connectivity index (χ3v) is 4.40. The molecule has 1 atom stereocenters. The van der Waals surface area contributed by atoms with Gasteiger partial charge in [0, 0.05) is 12.6 Å². The van der Waals surface area contributed by atoms with E-state index < -0.39 is 0 Å². The van der Waals surface area contributed by atoms with Crippen LogP contribution in [0.2, 0.25) is 0 Å². The second-order valence-electron chi connectivity index (χ2n) is 5.99. The third kappa shape index (κ3) is 4.07. The lowest BCUT2D eigenvalue weighted by atomic mass is 9.84. The molecule has 3 heterocycles. The molecule has 3 aliphatic heterocycles. The van der Waals surface area contributed by atoms with Crippen molar-refractivity contribution in [1.82, 2.24) is 10.2 Å². The minimum Gasteiger partial charge on any atom is -0.506 e. The molecule has 0 aliphatic carbocycles. The Hall–Kier alpha value is -1.88. The predicted octanol–water partition coefficient (Wildman–Crippen LogP) is 2.19. The lowest BCUT2D eigenvalue weighted by Crippen LogP contribution is -2.57. The van der Waals surface area contributed by atoms with Crippen LogP contribution in [0.1, 0.15) is 26.7 Å². The molecule has 0 saturated carbocycles. The molecule has 3 rings (SSSR count). The molecule has 2 N–H and O–H groups in total. The number of allylic oxidation sites excluding steroid dienone is 4. The van der Waals surface area contributed by atoms with Gasteiger partial charge in [0.25, 0.3) is 5.91 Å².